The van der Waals surface area contributed by atoms with Crippen LogP contribution in [-0.2, 0) is 21.2 Å². The Morgan fingerprint density at radius 2 is 1.76 bits per heavy atom. The van der Waals surface area contributed by atoms with Crippen LogP contribution in [0.5, 0.6) is 5.75 Å². The maximum atomic E-state index is 13.4. The highest BCUT2D eigenvalue weighted by atomic mass is 32.2. The van der Waals surface area contributed by atoms with Crippen molar-refractivity contribution in [3.63, 3.8) is 0 Å². The van der Waals surface area contributed by atoms with E-state index in [4.69, 9.17) is 9.47 Å². The van der Waals surface area contributed by atoms with Gasteiger partial charge < -0.3 is 19.9 Å². The van der Waals surface area contributed by atoms with Gasteiger partial charge in [-0.05, 0) is 42.2 Å². The molecule has 0 aromatic heterocycles. The topological polar surface area (TPSA) is 105 Å². The van der Waals surface area contributed by atoms with Gasteiger partial charge in [0.1, 0.15) is 12.4 Å². The predicted octanol–water partition coefficient (Wildman–Crippen LogP) is 3.23. The number of aliphatic hydroxyl groups excluding tert-OH is 1. The van der Waals surface area contributed by atoms with E-state index in [1.807, 2.05) is 44.2 Å². The minimum Gasteiger partial charge on any atom is -0.497 e. The monoisotopic (exact) mass is 490 g/mol. The number of hydrogen-bond acceptors (Lipinski definition) is 6. The first kappa shape index (κ1) is 27.4. The van der Waals surface area contributed by atoms with E-state index in [2.05, 4.69) is 11.9 Å². The van der Waals surface area contributed by atoms with E-state index in [-0.39, 0.29) is 30.5 Å². The summed E-state index contributed by atoms with van der Waals surface area (Å²) in [5.74, 6) is 0.554. The SMILES string of the molecule is C=CCOC(=O)N[C@@H](Cc1ccccc1)[C@H](O)CN(CC(C)C)S(=O)(=O)c1ccc(OC)cc1. The van der Waals surface area contributed by atoms with Gasteiger partial charge in [-0.25, -0.2) is 13.2 Å². The number of nitrogens with zero attached hydrogens (tertiary/aromatic N) is 1. The summed E-state index contributed by atoms with van der Waals surface area (Å²) in [6.07, 6.45) is -0.173. The lowest BCUT2D eigenvalue weighted by Crippen LogP contribution is -2.51. The second-order valence-corrected chi connectivity index (χ2v) is 10.2. The summed E-state index contributed by atoms with van der Waals surface area (Å²) in [6, 6.07) is 14.6. The van der Waals surface area contributed by atoms with Crippen molar-refractivity contribution in [1.29, 1.82) is 0 Å². The quantitative estimate of drug-likeness (QED) is 0.418. The Balaban J connectivity index is 2.28. The predicted molar refractivity (Wildman–Crippen MR) is 131 cm³/mol. The number of amides is 1. The fraction of sp³-hybridized carbons (Fsp3) is 0.400. The number of sulfonamides is 1. The standard InChI is InChI=1S/C25H34N2O6S/c1-5-15-33-25(29)26-23(16-20-9-7-6-8-10-20)24(28)18-27(17-19(2)3)34(30,31)22-13-11-21(32-4)12-14-22/h5-14,19,23-24,28H,1,15-18H2,2-4H3,(H,26,29)/t23-,24+/m0/s1. The molecule has 2 aromatic carbocycles. The Labute approximate surface area is 202 Å². The van der Waals surface area contributed by atoms with Crippen LogP contribution in [0, 0.1) is 5.92 Å². The van der Waals surface area contributed by atoms with Gasteiger partial charge in [0, 0.05) is 13.1 Å². The van der Waals surface area contributed by atoms with Crippen molar-refractivity contribution in [1.82, 2.24) is 9.62 Å². The third-order valence-electron chi connectivity index (χ3n) is 5.06. The summed E-state index contributed by atoms with van der Waals surface area (Å²) in [7, 11) is -2.40. The van der Waals surface area contributed by atoms with Crippen LogP contribution in [-0.4, -0.2) is 62.9 Å². The third-order valence-corrected chi connectivity index (χ3v) is 6.90. The summed E-state index contributed by atoms with van der Waals surface area (Å²) >= 11 is 0. The molecule has 0 saturated carbocycles. The Bertz CT molecular complexity index is 1010. The van der Waals surface area contributed by atoms with Crippen LogP contribution in [0.1, 0.15) is 19.4 Å². The van der Waals surface area contributed by atoms with E-state index >= 15 is 0 Å². The van der Waals surface area contributed by atoms with Gasteiger partial charge in [-0.1, -0.05) is 56.8 Å². The van der Waals surface area contributed by atoms with Crippen LogP contribution < -0.4 is 10.1 Å². The zero-order chi connectivity index (χ0) is 25.1. The molecule has 2 rings (SSSR count). The summed E-state index contributed by atoms with van der Waals surface area (Å²) in [4.78, 5) is 12.3. The van der Waals surface area contributed by atoms with Gasteiger partial charge in [-0.2, -0.15) is 4.31 Å². The van der Waals surface area contributed by atoms with Crippen molar-refractivity contribution in [2.75, 3.05) is 26.8 Å². The van der Waals surface area contributed by atoms with Crippen molar-refractivity contribution in [3.8, 4) is 5.75 Å². The lowest BCUT2D eigenvalue weighted by molar-refractivity contribution is 0.0920. The first-order valence-electron chi connectivity index (χ1n) is 11.1. The fourth-order valence-electron chi connectivity index (χ4n) is 3.39. The molecule has 0 spiro atoms. The van der Waals surface area contributed by atoms with E-state index in [0.717, 1.165) is 5.56 Å². The molecule has 0 aliphatic carbocycles. The molecule has 0 bridgehead atoms. The number of methoxy groups -OCH3 is 1. The molecule has 2 atom stereocenters. The van der Waals surface area contributed by atoms with Crippen molar-refractivity contribution in [3.05, 3.63) is 72.8 Å². The normalized spacial score (nSPS) is 13.4. The molecule has 0 aliphatic rings. The molecule has 0 heterocycles. The van der Waals surface area contributed by atoms with Crippen LogP contribution in [0.25, 0.3) is 0 Å². The summed E-state index contributed by atoms with van der Waals surface area (Å²) < 4.78 is 38.2. The highest BCUT2D eigenvalue weighted by Gasteiger charge is 2.31. The van der Waals surface area contributed by atoms with Gasteiger partial charge in [-0.15, -0.1) is 0 Å². The van der Waals surface area contributed by atoms with Crippen molar-refractivity contribution in [2.24, 2.45) is 5.92 Å². The number of carbonyl (C=O) groups is 1. The Kier molecular flexibility index (Phi) is 10.6. The Hall–Kier alpha value is -2.88. The van der Waals surface area contributed by atoms with Gasteiger partial charge in [0.15, 0.2) is 0 Å². The molecular formula is C25H34N2O6S. The van der Waals surface area contributed by atoms with Crippen LogP contribution >= 0.6 is 0 Å². The van der Waals surface area contributed by atoms with E-state index in [9.17, 15) is 18.3 Å². The van der Waals surface area contributed by atoms with Crippen LogP contribution in [0.3, 0.4) is 0 Å². The van der Waals surface area contributed by atoms with Crippen molar-refractivity contribution in [2.45, 2.75) is 37.3 Å². The number of alkyl carbamates (subject to hydrolysis) is 1. The van der Waals surface area contributed by atoms with Gasteiger partial charge in [0.25, 0.3) is 0 Å². The molecule has 34 heavy (non-hydrogen) atoms. The largest absolute Gasteiger partial charge is 0.497 e. The number of ether oxygens (including phenoxy) is 2. The summed E-state index contributed by atoms with van der Waals surface area (Å²) in [6.45, 7) is 7.32. The van der Waals surface area contributed by atoms with E-state index in [0.29, 0.717) is 12.2 Å². The smallest absolute Gasteiger partial charge is 0.407 e. The van der Waals surface area contributed by atoms with E-state index in [1.54, 1.807) is 12.1 Å². The van der Waals surface area contributed by atoms with Gasteiger partial charge >= 0.3 is 6.09 Å². The molecule has 2 aromatic rings. The highest BCUT2D eigenvalue weighted by Crippen LogP contribution is 2.21. The molecule has 0 radical (unpaired) electrons. The lowest BCUT2D eigenvalue weighted by atomic mass is 10.0. The average molecular weight is 491 g/mol. The lowest BCUT2D eigenvalue weighted by Gasteiger charge is -2.30. The van der Waals surface area contributed by atoms with Crippen molar-refractivity contribution < 1.29 is 27.8 Å². The van der Waals surface area contributed by atoms with Crippen LogP contribution in [0.4, 0.5) is 4.79 Å². The Morgan fingerprint density at radius 1 is 1.12 bits per heavy atom. The third kappa shape index (κ3) is 8.16. The van der Waals surface area contributed by atoms with Crippen LogP contribution in [0.15, 0.2) is 72.1 Å². The molecule has 8 nitrogen and oxygen atoms in total. The van der Waals surface area contributed by atoms with Gasteiger partial charge in [0.2, 0.25) is 10.0 Å². The van der Waals surface area contributed by atoms with E-state index in [1.165, 1.54) is 29.6 Å². The average Bonchev–Trinajstić information content (AvgIpc) is 2.82. The zero-order valence-corrected chi connectivity index (χ0v) is 20.7. The molecule has 2 N–H and O–H groups in total. The number of nitrogens with one attached hydrogen (secondary N) is 1. The number of rotatable bonds is 13. The fourth-order valence-corrected chi connectivity index (χ4v) is 5.01. The molecule has 0 unspecified atom stereocenters. The number of benzene rings is 2. The Morgan fingerprint density at radius 3 is 2.32 bits per heavy atom. The number of carbonyl (C=O) groups excluding carboxylic acids is 1. The van der Waals surface area contributed by atoms with E-state index < -0.39 is 28.3 Å². The maximum absolute atomic E-state index is 13.4. The molecule has 1 amide bonds. The molecular weight excluding hydrogens is 456 g/mol. The zero-order valence-electron chi connectivity index (χ0n) is 19.9. The van der Waals surface area contributed by atoms with Gasteiger partial charge in [-0.3, -0.25) is 0 Å². The van der Waals surface area contributed by atoms with Gasteiger partial charge in [0.05, 0.1) is 24.2 Å². The number of aliphatic hydroxyl groups is 1. The first-order chi connectivity index (χ1) is 16.2. The first-order valence-corrected chi connectivity index (χ1v) is 12.5. The maximum Gasteiger partial charge on any atom is 0.407 e. The molecule has 9 heteroatoms. The molecule has 0 saturated heterocycles. The summed E-state index contributed by atoms with van der Waals surface area (Å²) in [5.41, 5.74) is 0.879. The van der Waals surface area contributed by atoms with Crippen molar-refractivity contribution >= 4 is 16.1 Å². The van der Waals surface area contributed by atoms with Crippen LogP contribution in [0.2, 0.25) is 0 Å². The minimum atomic E-state index is -3.90. The molecule has 0 aliphatic heterocycles. The molecule has 186 valence electrons. The second-order valence-electron chi connectivity index (χ2n) is 8.29. The summed E-state index contributed by atoms with van der Waals surface area (Å²) in [5, 5.41) is 13.8. The molecule has 0 fully saturated rings. The minimum absolute atomic E-state index is 0.0123. The second kappa shape index (κ2) is 13.1. The number of hydrogen-bond donors (Lipinski definition) is 2. The highest BCUT2D eigenvalue weighted by molar-refractivity contribution is 7.89.